The molecule has 0 saturated carbocycles. The summed E-state index contributed by atoms with van der Waals surface area (Å²) in [6.45, 7) is 6.28. The molecule has 0 aliphatic heterocycles. The first kappa shape index (κ1) is 18.9. The number of nitrogens with zero attached hydrogens (tertiary/aromatic N) is 4. The van der Waals surface area contributed by atoms with Gasteiger partial charge in [-0.25, -0.2) is 15.0 Å². The van der Waals surface area contributed by atoms with E-state index in [1.54, 1.807) is 18.6 Å². The topological polar surface area (TPSA) is 79.4 Å². The third-order valence-corrected chi connectivity index (χ3v) is 5.47. The van der Waals surface area contributed by atoms with E-state index in [1.807, 2.05) is 18.2 Å². The fourth-order valence-corrected chi connectivity index (χ4v) is 3.52. The van der Waals surface area contributed by atoms with Crippen LogP contribution in [0.2, 0.25) is 0 Å². The molecule has 0 radical (unpaired) electrons. The Morgan fingerprint density at radius 3 is 2.52 bits per heavy atom. The van der Waals surface area contributed by atoms with Gasteiger partial charge in [-0.05, 0) is 73.9 Å². The summed E-state index contributed by atoms with van der Waals surface area (Å²) in [4.78, 5) is 21.5. The molecule has 0 atom stereocenters. The molecule has 6 heteroatoms. The van der Waals surface area contributed by atoms with Crippen molar-refractivity contribution in [2.75, 3.05) is 5.32 Å². The summed E-state index contributed by atoms with van der Waals surface area (Å²) < 4.78 is 0. The van der Waals surface area contributed by atoms with E-state index >= 15 is 0 Å². The molecule has 0 saturated heterocycles. The van der Waals surface area contributed by atoms with Gasteiger partial charge >= 0.3 is 0 Å². The van der Waals surface area contributed by atoms with E-state index in [9.17, 15) is 0 Å². The van der Waals surface area contributed by atoms with Crippen LogP contribution in [-0.4, -0.2) is 24.9 Å². The molecule has 5 aromatic rings. The second-order valence-electron chi connectivity index (χ2n) is 7.70. The van der Waals surface area contributed by atoms with Crippen LogP contribution in [0.25, 0.3) is 33.7 Å². The molecule has 0 fully saturated rings. The molecular weight excluding hydrogens is 384 g/mol. The molecule has 0 spiro atoms. The Kier molecular flexibility index (Phi) is 4.67. The number of pyridine rings is 1. The van der Waals surface area contributed by atoms with Crippen molar-refractivity contribution in [1.82, 2.24) is 24.9 Å². The van der Waals surface area contributed by atoms with Crippen LogP contribution in [-0.2, 0) is 0 Å². The maximum atomic E-state index is 4.79. The number of H-pyrrole nitrogens is 1. The quantitative estimate of drug-likeness (QED) is 0.397. The van der Waals surface area contributed by atoms with E-state index in [0.29, 0.717) is 5.95 Å². The molecule has 2 aromatic carbocycles. The van der Waals surface area contributed by atoms with Gasteiger partial charge in [-0.3, -0.25) is 4.98 Å². The van der Waals surface area contributed by atoms with Gasteiger partial charge in [0.25, 0.3) is 0 Å². The number of fused-ring (bicyclic) bond motifs is 1. The van der Waals surface area contributed by atoms with Crippen LogP contribution >= 0.6 is 0 Å². The van der Waals surface area contributed by atoms with E-state index in [1.165, 1.54) is 11.1 Å². The zero-order valence-electron chi connectivity index (χ0n) is 17.6. The van der Waals surface area contributed by atoms with E-state index < -0.39 is 0 Å². The van der Waals surface area contributed by atoms with Crippen LogP contribution in [0.1, 0.15) is 16.7 Å². The minimum absolute atomic E-state index is 0.539. The summed E-state index contributed by atoms with van der Waals surface area (Å²) in [5.74, 6) is 1.38. The number of anilines is 2. The highest BCUT2D eigenvalue weighted by molar-refractivity contribution is 5.82. The summed E-state index contributed by atoms with van der Waals surface area (Å²) in [6, 6.07) is 16.3. The lowest BCUT2D eigenvalue weighted by Crippen LogP contribution is -2.00. The van der Waals surface area contributed by atoms with Crippen molar-refractivity contribution >= 4 is 22.7 Å². The van der Waals surface area contributed by atoms with Gasteiger partial charge in [0.15, 0.2) is 0 Å². The SMILES string of the molecule is Cc1cc2nc(-c3ccc(C)c(Nc4nccc(-c5cccnc5)n4)c3)[nH]c2cc1C. The van der Waals surface area contributed by atoms with Gasteiger partial charge in [-0.2, -0.15) is 0 Å². The van der Waals surface area contributed by atoms with Crippen molar-refractivity contribution in [3.63, 3.8) is 0 Å². The van der Waals surface area contributed by atoms with Gasteiger partial charge in [0.2, 0.25) is 5.95 Å². The van der Waals surface area contributed by atoms with Crippen LogP contribution in [0.5, 0.6) is 0 Å². The Morgan fingerprint density at radius 1 is 0.806 bits per heavy atom. The van der Waals surface area contributed by atoms with Gasteiger partial charge < -0.3 is 10.3 Å². The summed E-state index contributed by atoms with van der Waals surface area (Å²) in [7, 11) is 0. The number of hydrogen-bond donors (Lipinski definition) is 2. The lowest BCUT2D eigenvalue weighted by atomic mass is 10.1. The molecule has 5 rings (SSSR count). The predicted molar refractivity (Wildman–Crippen MR) is 124 cm³/mol. The van der Waals surface area contributed by atoms with E-state index in [0.717, 1.165) is 44.9 Å². The molecule has 2 N–H and O–H groups in total. The number of aromatic amines is 1. The number of rotatable bonds is 4. The first-order chi connectivity index (χ1) is 15.1. The van der Waals surface area contributed by atoms with Gasteiger partial charge in [0.1, 0.15) is 5.82 Å². The average molecular weight is 406 g/mol. The third kappa shape index (κ3) is 3.75. The summed E-state index contributed by atoms with van der Waals surface area (Å²) in [5, 5.41) is 3.36. The van der Waals surface area contributed by atoms with E-state index in [2.05, 4.69) is 76.4 Å². The Hall–Kier alpha value is -4.06. The molecule has 6 nitrogen and oxygen atoms in total. The highest BCUT2D eigenvalue weighted by Crippen LogP contribution is 2.28. The van der Waals surface area contributed by atoms with E-state index in [4.69, 9.17) is 4.98 Å². The van der Waals surface area contributed by atoms with Gasteiger partial charge in [-0.15, -0.1) is 0 Å². The number of imidazole rings is 1. The van der Waals surface area contributed by atoms with Crippen LogP contribution < -0.4 is 5.32 Å². The number of aromatic nitrogens is 5. The number of aryl methyl sites for hydroxylation is 3. The first-order valence-corrected chi connectivity index (χ1v) is 10.2. The molecule has 152 valence electrons. The van der Waals surface area contributed by atoms with Crippen molar-refractivity contribution in [2.24, 2.45) is 0 Å². The monoisotopic (exact) mass is 406 g/mol. The Morgan fingerprint density at radius 2 is 1.68 bits per heavy atom. The molecule has 3 aromatic heterocycles. The van der Waals surface area contributed by atoms with Gasteiger partial charge in [-0.1, -0.05) is 12.1 Å². The van der Waals surface area contributed by atoms with Crippen molar-refractivity contribution in [1.29, 1.82) is 0 Å². The van der Waals surface area contributed by atoms with Crippen molar-refractivity contribution in [3.05, 3.63) is 83.8 Å². The Balaban J connectivity index is 1.48. The van der Waals surface area contributed by atoms with Crippen LogP contribution in [0.4, 0.5) is 11.6 Å². The zero-order valence-corrected chi connectivity index (χ0v) is 17.6. The fourth-order valence-electron chi connectivity index (χ4n) is 3.52. The average Bonchev–Trinajstić information content (AvgIpc) is 3.19. The maximum Gasteiger partial charge on any atom is 0.227 e. The Bertz CT molecular complexity index is 1350. The normalized spacial score (nSPS) is 11.1. The number of hydrogen-bond acceptors (Lipinski definition) is 5. The molecule has 0 aliphatic carbocycles. The number of benzene rings is 2. The van der Waals surface area contributed by atoms with Gasteiger partial charge in [0.05, 0.1) is 16.7 Å². The summed E-state index contributed by atoms with van der Waals surface area (Å²) in [6.07, 6.45) is 5.29. The van der Waals surface area contributed by atoms with Crippen LogP contribution in [0, 0.1) is 20.8 Å². The zero-order chi connectivity index (χ0) is 21.4. The molecule has 0 bridgehead atoms. The second kappa shape index (κ2) is 7.65. The van der Waals surface area contributed by atoms with Crippen molar-refractivity contribution in [2.45, 2.75) is 20.8 Å². The highest BCUT2D eigenvalue weighted by Gasteiger charge is 2.10. The van der Waals surface area contributed by atoms with Crippen molar-refractivity contribution in [3.8, 4) is 22.6 Å². The molecule has 3 heterocycles. The Labute approximate surface area is 180 Å². The third-order valence-electron chi connectivity index (χ3n) is 5.47. The molecule has 0 aliphatic rings. The van der Waals surface area contributed by atoms with Gasteiger partial charge in [0, 0.05) is 35.4 Å². The maximum absolute atomic E-state index is 4.79. The lowest BCUT2D eigenvalue weighted by molar-refractivity contribution is 1.16. The predicted octanol–water partition coefficient (Wildman–Crippen LogP) is 5.75. The largest absolute Gasteiger partial charge is 0.338 e. The van der Waals surface area contributed by atoms with Crippen molar-refractivity contribution < 1.29 is 0 Å². The number of nitrogens with one attached hydrogen (secondary N) is 2. The summed E-state index contributed by atoms with van der Waals surface area (Å²) in [5.41, 5.74) is 9.32. The first-order valence-electron chi connectivity index (χ1n) is 10.2. The molecule has 31 heavy (non-hydrogen) atoms. The molecule has 0 unspecified atom stereocenters. The second-order valence-corrected chi connectivity index (χ2v) is 7.70. The highest BCUT2D eigenvalue weighted by atomic mass is 15.1. The summed E-state index contributed by atoms with van der Waals surface area (Å²) >= 11 is 0. The minimum Gasteiger partial charge on any atom is -0.338 e. The fraction of sp³-hybridized carbons (Fsp3) is 0.120. The standard InChI is InChI=1S/C25H22N6/c1-15-6-7-18(24-28-22-11-16(2)17(3)12-23(22)29-24)13-21(15)31-25-27-10-8-20(30-25)19-5-4-9-26-14-19/h4-14H,1-3H3,(H,28,29)(H,27,30,31). The van der Waals surface area contributed by atoms with Crippen LogP contribution in [0.3, 0.4) is 0 Å². The smallest absolute Gasteiger partial charge is 0.227 e. The molecular formula is C25H22N6. The van der Waals surface area contributed by atoms with E-state index in [-0.39, 0.29) is 0 Å². The lowest BCUT2D eigenvalue weighted by Gasteiger charge is -2.10. The van der Waals surface area contributed by atoms with Crippen LogP contribution in [0.15, 0.2) is 67.1 Å². The minimum atomic E-state index is 0.539. The molecule has 0 amide bonds.